The van der Waals surface area contributed by atoms with Crippen molar-refractivity contribution in [2.45, 2.75) is 115 Å². The standard InChI is InChI=1S/C26H45NO6Si/c1-17-14-25-12-10-9-11-18(21(25)33-34(7,8)24(2,3)4)13-19(15-27)22-26(25,20(17)30-16-28-5)32-23(29-6)31-22/h17-23H,9-14,16H2,1-8H3/t17-,18+,19-,20+,21-,22-,23-,25-,26-/m1/s1. The topological polar surface area (TPSA) is 79.2 Å². The lowest BCUT2D eigenvalue weighted by Gasteiger charge is -2.53. The van der Waals surface area contributed by atoms with Gasteiger partial charge in [0.1, 0.15) is 18.5 Å². The Hall–Kier alpha value is -0.533. The van der Waals surface area contributed by atoms with Crippen molar-refractivity contribution in [2.75, 3.05) is 21.0 Å². The summed E-state index contributed by atoms with van der Waals surface area (Å²) in [5, 5.41) is 10.5. The van der Waals surface area contributed by atoms with Gasteiger partial charge in [-0.3, -0.25) is 0 Å². The van der Waals surface area contributed by atoms with Crippen LogP contribution < -0.4 is 0 Å². The van der Waals surface area contributed by atoms with Crippen molar-refractivity contribution >= 4 is 8.32 Å². The number of nitriles is 1. The number of fused-ring (bicyclic) bond motifs is 1. The third-order valence-corrected chi connectivity index (χ3v) is 14.1. The summed E-state index contributed by atoms with van der Waals surface area (Å²) in [6.07, 6.45) is 5.30. The first kappa shape index (κ1) is 26.5. The summed E-state index contributed by atoms with van der Waals surface area (Å²) >= 11 is 0. The summed E-state index contributed by atoms with van der Waals surface area (Å²) in [5.41, 5.74) is -1.14. The van der Waals surface area contributed by atoms with Gasteiger partial charge in [0.05, 0.1) is 24.2 Å². The molecule has 0 aromatic heterocycles. The maximum absolute atomic E-state index is 10.4. The molecule has 3 saturated carbocycles. The summed E-state index contributed by atoms with van der Waals surface area (Å²) in [6, 6.07) is 2.61. The minimum atomic E-state index is -2.12. The van der Waals surface area contributed by atoms with E-state index >= 15 is 0 Å². The predicted molar refractivity (Wildman–Crippen MR) is 130 cm³/mol. The second-order valence-electron chi connectivity index (χ2n) is 12.6. The molecule has 194 valence electrons. The van der Waals surface area contributed by atoms with Gasteiger partial charge in [0.25, 0.3) is 6.48 Å². The van der Waals surface area contributed by atoms with Gasteiger partial charge in [-0.2, -0.15) is 5.26 Å². The van der Waals surface area contributed by atoms with Crippen LogP contribution in [0.5, 0.6) is 0 Å². The highest BCUT2D eigenvalue weighted by Crippen LogP contribution is 2.68. The van der Waals surface area contributed by atoms with Gasteiger partial charge in [0.2, 0.25) is 0 Å². The number of hydrogen-bond acceptors (Lipinski definition) is 7. The van der Waals surface area contributed by atoms with Gasteiger partial charge in [0.15, 0.2) is 8.32 Å². The van der Waals surface area contributed by atoms with Crippen molar-refractivity contribution in [3.63, 3.8) is 0 Å². The SMILES string of the molecule is COCO[C@H]1[C@H](C)C[C@@]23CCCC[C@@H](C[C@H](C#N)[C@H]4O[C@@H](OC)O[C@@]412)[C@H]3O[Si](C)(C)C(C)(C)C. The van der Waals surface area contributed by atoms with Crippen LogP contribution in [0.4, 0.5) is 0 Å². The molecule has 4 fully saturated rings. The second-order valence-corrected chi connectivity index (χ2v) is 17.4. The Bertz CT molecular complexity index is 780. The average Bonchev–Trinajstić information content (AvgIpc) is 3.18. The molecule has 4 aliphatic rings. The molecule has 8 heteroatoms. The molecule has 2 spiro atoms. The van der Waals surface area contributed by atoms with Crippen molar-refractivity contribution in [3.05, 3.63) is 0 Å². The first-order valence-corrected chi connectivity index (χ1v) is 15.9. The van der Waals surface area contributed by atoms with E-state index in [1.807, 2.05) is 0 Å². The maximum Gasteiger partial charge on any atom is 0.272 e. The monoisotopic (exact) mass is 495 g/mol. The first-order valence-electron chi connectivity index (χ1n) is 13.0. The van der Waals surface area contributed by atoms with E-state index in [9.17, 15) is 5.26 Å². The van der Waals surface area contributed by atoms with E-state index in [2.05, 4.69) is 46.9 Å². The van der Waals surface area contributed by atoms with Gasteiger partial charge in [-0.1, -0.05) is 40.5 Å². The summed E-state index contributed by atoms with van der Waals surface area (Å²) in [6.45, 7) is 13.2. The van der Waals surface area contributed by atoms with E-state index in [1.54, 1.807) is 14.2 Å². The van der Waals surface area contributed by atoms with Gasteiger partial charge in [-0.25, -0.2) is 0 Å². The number of hydrogen-bond donors (Lipinski definition) is 0. The Kier molecular flexibility index (Phi) is 7.34. The maximum atomic E-state index is 10.4. The van der Waals surface area contributed by atoms with E-state index < -0.39 is 26.5 Å². The van der Waals surface area contributed by atoms with Gasteiger partial charge >= 0.3 is 0 Å². The normalized spacial score (nSPS) is 44.6. The molecule has 7 nitrogen and oxygen atoms in total. The zero-order valence-corrected chi connectivity index (χ0v) is 23.4. The lowest BCUT2D eigenvalue weighted by Crippen LogP contribution is -2.64. The highest BCUT2D eigenvalue weighted by Gasteiger charge is 2.77. The van der Waals surface area contributed by atoms with Crippen LogP contribution in [-0.2, 0) is 28.1 Å². The van der Waals surface area contributed by atoms with Gasteiger partial charge in [0, 0.05) is 19.6 Å². The smallest absolute Gasteiger partial charge is 0.272 e. The Morgan fingerprint density at radius 3 is 2.50 bits per heavy atom. The number of ether oxygens (including phenoxy) is 5. The van der Waals surface area contributed by atoms with Crippen LogP contribution >= 0.6 is 0 Å². The zero-order chi connectivity index (χ0) is 24.9. The molecule has 0 aromatic carbocycles. The van der Waals surface area contributed by atoms with Crippen molar-refractivity contribution in [2.24, 2.45) is 23.2 Å². The molecule has 1 aliphatic heterocycles. The Morgan fingerprint density at radius 1 is 1.15 bits per heavy atom. The van der Waals surface area contributed by atoms with E-state index in [1.165, 1.54) is 0 Å². The predicted octanol–water partition coefficient (Wildman–Crippen LogP) is 5.21. The van der Waals surface area contributed by atoms with E-state index in [-0.39, 0.29) is 41.3 Å². The molecular weight excluding hydrogens is 450 g/mol. The van der Waals surface area contributed by atoms with E-state index in [4.69, 9.17) is 28.1 Å². The minimum Gasteiger partial charge on any atom is -0.413 e. The average molecular weight is 496 g/mol. The van der Waals surface area contributed by atoms with Crippen LogP contribution in [0.15, 0.2) is 0 Å². The molecular formula is C26H45NO6Si. The molecule has 34 heavy (non-hydrogen) atoms. The van der Waals surface area contributed by atoms with Crippen LogP contribution in [-0.4, -0.2) is 59.7 Å². The van der Waals surface area contributed by atoms with Gasteiger partial charge in [-0.05, 0) is 55.7 Å². The van der Waals surface area contributed by atoms with Gasteiger partial charge < -0.3 is 28.1 Å². The molecule has 9 atom stereocenters. The molecule has 3 aliphatic carbocycles. The molecule has 0 N–H and O–H groups in total. The fourth-order valence-corrected chi connectivity index (χ4v) is 8.73. The number of rotatable bonds is 6. The van der Waals surface area contributed by atoms with E-state index in [0.29, 0.717) is 5.92 Å². The van der Waals surface area contributed by atoms with Crippen molar-refractivity contribution in [3.8, 4) is 6.07 Å². The molecule has 1 saturated heterocycles. The van der Waals surface area contributed by atoms with Gasteiger partial charge in [-0.15, -0.1) is 0 Å². The fourth-order valence-electron chi connectivity index (χ4n) is 7.32. The van der Waals surface area contributed by atoms with Crippen molar-refractivity contribution in [1.29, 1.82) is 5.26 Å². The summed E-state index contributed by atoms with van der Waals surface area (Å²) in [7, 11) is 1.13. The molecule has 1 heterocycles. The summed E-state index contributed by atoms with van der Waals surface area (Å²) in [4.78, 5) is 0. The third kappa shape index (κ3) is 3.91. The minimum absolute atomic E-state index is 0.00505. The molecule has 4 rings (SSSR count). The highest BCUT2D eigenvalue weighted by atomic mass is 28.4. The number of nitrogens with zero attached hydrogens (tertiary/aromatic N) is 1. The highest BCUT2D eigenvalue weighted by molar-refractivity contribution is 6.74. The van der Waals surface area contributed by atoms with Crippen LogP contribution in [0.2, 0.25) is 18.1 Å². The lowest BCUT2D eigenvalue weighted by molar-refractivity contribution is -0.277. The third-order valence-electron chi connectivity index (χ3n) is 9.67. The van der Waals surface area contributed by atoms with Crippen LogP contribution in [0, 0.1) is 34.5 Å². The Morgan fingerprint density at radius 2 is 1.88 bits per heavy atom. The largest absolute Gasteiger partial charge is 0.413 e. The Labute approximate surface area is 206 Å². The quantitative estimate of drug-likeness (QED) is 0.370. The molecule has 0 aromatic rings. The first-order chi connectivity index (χ1) is 16.0. The van der Waals surface area contributed by atoms with Crippen LogP contribution in [0.1, 0.15) is 66.2 Å². The van der Waals surface area contributed by atoms with Crippen molar-refractivity contribution < 1.29 is 28.1 Å². The summed E-state index contributed by atoms with van der Waals surface area (Å²) < 4.78 is 38.0. The Balaban J connectivity index is 1.92. The summed E-state index contributed by atoms with van der Waals surface area (Å²) in [5.74, 6) is 0.193. The zero-order valence-electron chi connectivity index (χ0n) is 22.4. The van der Waals surface area contributed by atoms with Crippen LogP contribution in [0.3, 0.4) is 0 Å². The second kappa shape index (κ2) is 9.40. The fraction of sp³-hybridized carbons (Fsp3) is 0.962. The van der Waals surface area contributed by atoms with Crippen LogP contribution in [0.25, 0.3) is 0 Å². The lowest BCUT2D eigenvalue weighted by atomic mass is 9.64. The molecule has 0 amide bonds. The molecule has 2 bridgehead atoms. The van der Waals surface area contributed by atoms with Crippen molar-refractivity contribution in [1.82, 2.24) is 0 Å². The van der Waals surface area contributed by atoms with E-state index in [0.717, 1.165) is 38.5 Å². The number of methoxy groups -OCH3 is 2. The molecule has 0 unspecified atom stereocenters. The molecule has 0 radical (unpaired) electrons.